The van der Waals surface area contributed by atoms with Gasteiger partial charge in [0.1, 0.15) is 22.3 Å². The molecule has 57 heavy (non-hydrogen) atoms. The lowest BCUT2D eigenvalue weighted by molar-refractivity contribution is 0.665. The summed E-state index contributed by atoms with van der Waals surface area (Å²) in [4.78, 5) is 15.0. The molecule has 0 amide bonds. The number of hydrogen-bond donors (Lipinski definition) is 0. The largest absolute Gasteiger partial charge is 0.455 e. The highest BCUT2D eigenvalue weighted by atomic mass is 16.3. The van der Waals surface area contributed by atoms with Gasteiger partial charge in [-0.15, -0.1) is 0 Å². The van der Waals surface area contributed by atoms with E-state index in [0.29, 0.717) is 18.2 Å². The summed E-state index contributed by atoms with van der Waals surface area (Å²) in [6, 6.07) is 60.7. The van der Waals surface area contributed by atoms with Gasteiger partial charge < -0.3 is 8.83 Å². The molecule has 0 fully saturated rings. The van der Waals surface area contributed by atoms with Crippen LogP contribution in [0.3, 0.4) is 0 Å². The number of furan rings is 2. The fraction of sp³-hybridized carbons (Fsp3) is 0.0192. The maximum absolute atomic E-state index is 6.80. The van der Waals surface area contributed by atoms with Crippen molar-refractivity contribution in [2.45, 2.75) is 6.54 Å². The second kappa shape index (κ2) is 13.3. The van der Waals surface area contributed by atoms with E-state index in [1.165, 1.54) is 16.2 Å². The molecule has 268 valence electrons. The summed E-state index contributed by atoms with van der Waals surface area (Å²) in [5.74, 6) is 1.02. The molecular formula is C52H33N3O2. The summed E-state index contributed by atoms with van der Waals surface area (Å²) in [6.45, 7) is 4.51. The van der Waals surface area contributed by atoms with Crippen LogP contribution >= 0.6 is 0 Å². The lowest BCUT2D eigenvalue weighted by Crippen LogP contribution is -2.06. The van der Waals surface area contributed by atoms with Crippen LogP contribution in [0.15, 0.2) is 200 Å². The minimum absolute atomic E-state index is 0.455. The molecule has 0 spiro atoms. The molecule has 2 heterocycles. The molecular weight excluding hydrogens is 699 g/mol. The van der Waals surface area contributed by atoms with Crippen LogP contribution in [-0.4, -0.2) is 18.4 Å². The Morgan fingerprint density at radius 2 is 1.05 bits per heavy atom. The Kier molecular flexibility index (Phi) is 7.64. The summed E-state index contributed by atoms with van der Waals surface area (Å²) in [5, 5.41) is 11.0. The smallest absolute Gasteiger partial charge is 0.161 e. The predicted molar refractivity (Wildman–Crippen MR) is 238 cm³/mol. The third-order valence-electron chi connectivity index (χ3n) is 11.0. The van der Waals surface area contributed by atoms with Gasteiger partial charge in [-0.3, -0.25) is 4.99 Å². The van der Waals surface area contributed by atoms with Gasteiger partial charge >= 0.3 is 0 Å². The first-order chi connectivity index (χ1) is 28.2. The average molecular weight is 732 g/mol. The molecule has 2 aromatic heterocycles. The van der Waals surface area contributed by atoms with E-state index in [1.807, 2.05) is 48.5 Å². The lowest BCUT2D eigenvalue weighted by atomic mass is 9.93. The van der Waals surface area contributed by atoms with Crippen molar-refractivity contribution in [3.05, 3.63) is 193 Å². The molecule has 0 bridgehead atoms. The molecule has 0 unspecified atom stereocenters. The summed E-state index contributed by atoms with van der Waals surface area (Å²) >= 11 is 0. The first-order valence-electron chi connectivity index (χ1n) is 19.1. The van der Waals surface area contributed by atoms with Crippen molar-refractivity contribution in [3.63, 3.8) is 0 Å². The Balaban J connectivity index is 1.14. The molecule has 0 radical (unpaired) electrons. The molecule has 0 aliphatic rings. The summed E-state index contributed by atoms with van der Waals surface area (Å²) in [7, 11) is 0. The van der Waals surface area contributed by atoms with E-state index in [2.05, 4.69) is 139 Å². The van der Waals surface area contributed by atoms with E-state index in [9.17, 15) is 0 Å². The Labute approximate surface area is 327 Å². The highest BCUT2D eigenvalue weighted by Crippen LogP contribution is 2.45. The molecule has 0 aliphatic carbocycles. The average Bonchev–Trinajstić information content (AvgIpc) is 3.86. The minimum atomic E-state index is 0.455. The Morgan fingerprint density at radius 1 is 0.456 bits per heavy atom. The van der Waals surface area contributed by atoms with Crippen molar-refractivity contribution in [1.29, 1.82) is 0 Å². The summed E-state index contributed by atoms with van der Waals surface area (Å²) in [6.07, 6.45) is 0. The van der Waals surface area contributed by atoms with Gasteiger partial charge in [0.15, 0.2) is 11.7 Å². The predicted octanol–water partition coefficient (Wildman–Crippen LogP) is 13.7. The number of hydrogen-bond acceptors (Lipinski definition) is 3. The number of fused-ring (bicyclic) bond motifs is 11. The van der Waals surface area contributed by atoms with Gasteiger partial charge in [0.2, 0.25) is 0 Å². The number of benzene rings is 9. The monoisotopic (exact) mass is 731 g/mol. The van der Waals surface area contributed by atoms with Crippen molar-refractivity contribution in [3.8, 4) is 11.1 Å². The maximum Gasteiger partial charge on any atom is 0.161 e. The van der Waals surface area contributed by atoms with Crippen LogP contribution in [0.4, 0.5) is 0 Å². The molecule has 0 N–H and O–H groups in total. The quantitative estimate of drug-likeness (QED) is 0.100. The maximum atomic E-state index is 6.80. The van der Waals surface area contributed by atoms with Gasteiger partial charge in [0.05, 0.1) is 6.54 Å². The van der Waals surface area contributed by atoms with Crippen LogP contribution in [0, 0.1) is 0 Å². The first-order valence-corrected chi connectivity index (χ1v) is 19.1. The zero-order valence-electron chi connectivity index (χ0n) is 30.8. The molecule has 9 aromatic carbocycles. The lowest BCUT2D eigenvalue weighted by Gasteiger charge is -2.11. The second-order valence-corrected chi connectivity index (χ2v) is 14.4. The molecule has 11 rings (SSSR count). The standard InChI is InChI=1S/C52H33N3O2/c1-53-52(55-51(54-31-32-13-3-2-4-14-32)36-25-26-38-35(29-36)24-23-33-15-5-7-17-37(33)38)43-28-27-40(49-48(43)42-20-10-12-22-46(42)56-49)44-30-34-16-6-8-18-39(34)47-41-19-9-11-21-45(41)57-50(44)47/h2-30H,1,31H2/b54-51-,55-52-. The number of aliphatic imine (C=N–C) groups is 3. The van der Waals surface area contributed by atoms with Crippen molar-refractivity contribution < 1.29 is 8.83 Å². The fourth-order valence-electron chi connectivity index (χ4n) is 8.37. The molecule has 0 atom stereocenters. The van der Waals surface area contributed by atoms with Gasteiger partial charge in [0, 0.05) is 43.8 Å². The highest BCUT2D eigenvalue weighted by molar-refractivity contribution is 6.27. The van der Waals surface area contributed by atoms with E-state index >= 15 is 0 Å². The SMILES string of the molecule is C=N/C(=N\C(=N/Cc1ccccc1)c1ccc2c(ccc3ccccc32)c1)c1ccc(-c2cc3ccccc3c3c2oc2ccccc23)c2oc3ccccc3c12. The molecule has 5 heteroatoms. The topological polar surface area (TPSA) is 63.4 Å². The molecule has 0 saturated heterocycles. The van der Waals surface area contributed by atoms with Crippen LogP contribution in [-0.2, 0) is 6.54 Å². The van der Waals surface area contributed by atoms with Crippen LogP contribution in [0.5, 0.6) is 0 Å². The van der Waals surface area contributed by atoms with Crippen molar-refractivity contribution in [2.75, 3.05) is 0 Å². The Bertz CT molecular complexity index is 3460. The van der Waals surface area contributed by atoms with E-state index in [0.717, 1.165) is 87.9 Å². The molecule has 0 aliphatic heterocycles. The molecule has 0 saturated carbocycles. The van der Waals surface area contributed by atoms with E-state index in [1.54, 1.807) is 0 Å². The molecule has 5 nitrogen and oxygen atoms in total. The number of amidine groups is 2. The highest BCUT2D eigenvalue weighted by Gasteiger charge is 2.23. The summed E-state index contributed by atoms with van der Waals surface area (Å²) in [5.41, 5.74) is 7.81. The van der Waals surface area contributed by atoms with Gasteiger partial charge in [-0.05, 0) is 81.0 Å². The van der Waals surface area contributed by atoms with Crippen molar-refractivity contribution in [1.82, 2.24) is 0 Å². The normalized spacial score (nSPS) is 12.6. The zero-order chi connectivity index (χ0) is 37.9. The Morgan fingerprint density at radius 3 is 1.82 bits per heavy atom. The van der Waals surface area contributed by atoms with E-state index < -0.39 is 0 Å². The number of rotatable bonds is 5. The third kappa shape index (κ3) is 5.43. The molecule has 11 aromatic rings. The van der Waals surface area contributed by atoms with Crippen molar-refractivity contribution in [2.24, 2.45) is 15.0 Å². The first kappa shape index (κ1) is 32.8. The zero-order valence-corrected chi connectivity index (χ0v) is 30.8. The van der Waals surface area contributed by atoms with Crippen LogP contribution in [0.25, 0.3) is 87.3 Å². The van der Waals surface area contributed by atoms with Crippen LogP contribution in [0.2, 0.25) is 0 Å². The van der Waals surface area contributed by atoms with E-state index in [-0.39, 0.29) is 0 Å². The van der Waals surface area contributed by atoms with Crippen molar-refractivity contribution >= 4 is 94.6 Å². The van der Waals surface area contributed by atoms with Gasteiger partial charge in [-0.1, -0.05) is 140 Å². The second-order valence-electron chi connectivity index (χ2n) is 14.4. The van der Waals surface area contributed by atoms with Gasteiger partial charge in [0.25, 0.3) is 0 Å². The fourth-order valence-corrected chi connectivity index (χ4v) is 8.37. The number of nitrogens with zero attached hydrogens (tertiary/aromatic N) is 3. The van der Waals surface area contributed by atoms with Crippen LogP contribution < -0.4 is 0 Å². The third-order valence-corrected chi connectivity index (χ3v) is 11.0. The van der Waals surface area contributed by atoms with Gasteiger partial charge in [-0.25, -0.2) is 9.98 Å². The number of para-hydroxylation sites is 2. The van der Waals surface area contributed by atoms with Gasteiger partial charge in [-0.2, -0.15) is 0 Å². The van der Waals surface area contributed by atoms with Crippen LogP contribution in [0.1, 0.15) is 16.7 Å². The van der Waals surface area contributed by atoms with E-state index in [4.69, 9.17) is 18.8 Å². The summed E-state index contributed by atoms with van der Waals surface area (Å²) < 4.78 is 13.5. The Hall–Kier alpha value is -7.63. The minimum Gasteiger partial charge on any atom is -0.455 e.